The van der Waals surface area contributed by atoms with Gasteiger partial charge in [-0.2, -0.15) is 4.98 Å². The highest BCUT2D eigenvalue weighted by Crippen LogP contribution is 2.17. The summed E-state index contributed by atoms with van der Waals surface area (Å²) < 4.78 is 12.3. The van der Waals surface area contributed by atoms with Crippen molar-refractivity contribution in [2.45, 2.75) is 39.5 Å². The van der Waals surface area contributed by atoms with Gasteiger partial charge in [0.2, 0.25) is 5.78 Å². The van der Waals surface area contributed by atoms with Crippen LogP contribution in [0.2, 0.25) is 0 Å². The molecule has 1 aliphatic heterocycles. The normalized spacial score (nSPS) is 21.5. The lowest BCUT2D eigenvalue weighted by Crippen LogP contribution is -2.46. The van der Waals surface area contributed by atoms with E-state index in [0.717, 1.165) is 36.4 Å². The zero-order valence-electron chi connectivity index (χ0n) is 16.5. The Kier molecular flexibility index (Phi) is 4.23. The molecule has 146 valence electrons. The number of aromatic nitrogens is 5. The molecule has 3 aromatic heterocycles. The molecule has 0 aromatic carbocycles. The van der Waals surface area contributed by atoms with Gasteiger partial charge in [-0.3, -0.25) is 23.2 Å². The van der Waals surface area contributed by atoms with Crippen molar-refractivity contribution in [3.8, 4) is 0 Å². The third-order valence-electron chi connectivity index (χ3n) is 5.39. The van der Waals surface area contributed by atoms with Gasteiger partial charge in [-0.05, 0) is 20.8 Å². The first kappa shape index (κ1) is 18.0. The summed E-state index contributed by atoms with van der Waals surface area (Å²) in [5.74, 6) is 0.690. The van der Waals surface area contributed by atoms with Gasteiger partial charge in [-0.15, -0.1) is 0 Å². The molecular formula is C18H26N6O3. The predicted octanol–water partition coefficient (Wildman–Crippen LogP) is 0.104. The summed E-state index contributed by atoms with van der Waals surface area (Å²) in [6.45, 7) is 9.66. The fourth-order valence-electron chi connectivity index (χ4n) is 4.11. The maximum absolute atomic E-state index is 12.6. The fourth-order valence-corrected chi connectivity index (χ4v) is 4.11. The van der Waals surface area contributed by atoms with Crippen LogP contribution in [0.5, 0.6) is 0 Å². The summed E-state index contributed by atoms with van der Waals surface area (Å²) in [5, 5.41) is 0. The van der Waals surface area contributed by atoms with Gasteiger partial charge >= 0.3 is 5.69 Å². The number of aryl methyl sites for hydroxylation is 2. The van der Waals surface area contributed by atoms with E-state index in [1.165, 1.54) is 11.6 Å². The van der Waals surface area contributed by atoms with E-state index < -0.39 is 0 Å². The van der Waals surface area contributed by atoms with Crippen LogP contribution in [0, 0.1) is 6.92 Å². The second-order valence-corrected chi connectivity index (χ2v) is 7.60. The van der Waals surface area contributed by atoms with Crippen molar-refractivity contribution in [1.82, 2.24) is 28.0 Å². The molecule has 1 fully saturated rings. The minimum atomic E-state index is -0.368. The number of hydrogen-bond acceptors (Lipinski definition) is 5. The standard InChI is InChI=1S/C18H26N6O3/c1-11-8-24-14-15(20(4)18(26)21(5)16(14)25)19-17(24)23(11)7-6-22-9-12(2)27-13(3)10-22/h8,12-13H,6-7,9-10H2,1-5H3/t12-,13-/m0/s1. The van der Waals surface area contributed by atoms with Crippen molar-refractivity contribution in [1.29, 1.82) is 0 Å². The van der Waals surface area contributed by atoms with E-state index in [4.69, 9.17) is 4.74 Å². The molecule has 0 saturated carbocycles. The Balaban J connectivity index is 1.75. The van der Waals surface area contributed by atoms with E-state index in [1.54, 1.807) is 11.4 Å². The Morgan fingerprint density at radius 1 is 1.11 bits per heavy atom. The molecule has 0 N–H and O–H groups in total. The Morgan fingerprint density at radius 3 is 2.44 bits per heavy atom. The number of fused-ring (bicyclic) bond motifs is 3. The molecular weight excluding hydrogens is 348 g/mol. The molecule has 9 nitrogen and oxygen atoms in total. The quantitative estimate of drug-likeness (QED) is 0.650. The molecule has 0 bridgehead atoms. The summed E-state index contributed by atoms with van der Waals surface area (Å²) in [5.41, 5.74) is 1.19. The second kappa shape index (κ2) is 6.35. The molecule has 0 aliphatic carbocycles. The van der Waals surface area contributed by atoms with Gasteiger partial charge in [0.1, 0.15) is 0 Å². The van der Waals surface area contributed by atoms with Crippen LogP contribution in [0.15, 0.2) is 15.8 Å². The van der Waals surface area contributed by atoms with Gasteiger partial charge in [0.15, 0.2) is 11.2 Å². The van der Waals surface area contributed by atoms with Crippen LogP contribution >= 0.6 is 0 Å². The number of nitrogens with zero attached hydrogens (tertiary/aromatic N) is 6. The SMILES string of the molecule is Cc1cn2c3c(=O)n(C)c(=O)n(C)c3nc2n1CCN1C[C@H](C)O[C@@H](C)C1. The number of ether oxygens (including phenoxy) is 1. The molecule has 0 spiro atoms. The summed E-state index contributed by atoms with van der Waals surface area (Å²) in [6, 6.07) is 0. The minimum Gasteiger partial charge on any atom is -0.373 e. The topological polar surface area (TPSA) is 78.7 Å². The average molecular weight is 374 g/mol. The van der Waals surface area contributed by atoms with Gasteiger partial charge in [0, 0.05) is 52.2 Å². The van der Waals surface area contributed by atoms with Crippen LogP contribution in [0.3, 0.4) is 0 Å². The highest BCUT2D eigenvalue weighted by molar-refractivity contribution is 5.75. The lowest BCUT2D eigenvalue weighted by molar-refractivity contribution is -0.0685. The van der Waals surface area contributed by atoms with Crippen molar-refractivity contribution in [3.63, 3.8) is 0 Å². The number of hydrogen-bond donors (Lipinski definition) is 0. The number of rotatable bonds is 3. The van der Waals surface area contributed by atoms with Crippen LogP contribution in [0.1, 0.15) is 19.5 Å². The third kappa shape index (κ3) is 2.81. The Hall–Kier alpha value is -2.39. The molecule has 0 amide bonds. The molecule has 1 saturated heterocycles. The van der Waals surface area contributed by atoms with E-state index >= 15 is 0 Å². The van der Waals surface area contributed by atoms with E-state index in [1.807, 2.05) is 13.1 Å². The van der Waals surface area contributed by atoms with Gasteiger partial charge < -0.3 is 9.30 Å². The third-order valence-corrected chi connectivity index (χ3v) is 5.39. The van der Waals surface area contributed by atoms with E-state index in [2.05, 4.69) is 28.3 Å². The highest BCUT2D eigenvalue weighted by Gasteiger charge is 2.23. The Bertz CT molecular complexity index is 1120. The van der Waals surface area contributed by atoms with Gasteiger partial charge in [-0.25, -0.2) is 4.79 Å². The molecule has 2 atom stereocenters. The highest BCUT2D eigenvalue weighted by atomic mass is 16.5. The van der Waals surface area contributed by atoms with Crippen LogP contribution in [-0.4, -0.2) is 59.8 Å². The first-order valence-corrected chi connectivity index (χ1v) is 9.29. The lowest BCUT2D eigenvalue weighted by atomic mass is 10.2. The van der Waals surface area contributed by atoms with Crippen molar-refractivity contribution >= 4 is 16.9 Å². The fraction of sp³-hybridized carbons (Fsp3) is 0.611. The zero-order chi connectivity index (χ0) is 19.5. The van der Waals surface area contributed by atoms with Crippen molar-refractivity contribution < 1.29 is 4.74 Å². The van der Waals surface area contributed by atoms with Crippen LogP contribution in [0.4, 0.5) is 0 Å². The second-order valence-electron chi connectivity index (χ2n) is 7.60. The minimum absolute atomic E-state index is 0.228. The van der Waals surface area contributed by atoms with Gasteiger partial charge in [-0.1, -0.05) is 0 Å². The molecule has 9 heteroatoms. The molecule has 4 heterocycles. The number of morpholine rings is 1. The summed E-state index contributed by atoms with van der Waals surface area (Å²) in [4.78, 5) is 31.9. The smallest absolute Gasteiger partial charge is 0.332 e. The zero-order valence-corrected chi connectivity index (χ0v) is 16.5. The predicted molar refractivity (Wildman–Crippen MR) is 102 cm³/mol. The van der Waals surface area contributed by atoms with Gasteiger partial charge in [0.25, 0.3) is 5.56 Å². The Morgan fingerprint density at radius 2 is 1.78 bits per heavy atom. The van der Waals surface area contributed by atoms with Crippen LogP contribution in [0.25, 0.3) is 16.9 Å². The summed E-state index contributed by atoms with van der Waals surface area (Å²) in [7, 11) is 3.14. The first-order chi connectivity index (χ1) is 12.8. The molecule has 0 unspecified atom stereocenters. The average Bonchev–Trinajstić information content (AvgIpc) is 3.10. The monoisotopic (exact) mass is 374 g/mol. The molecule has 4 rings (SSSR count). The molecule has 0 radical (unpaired) electrons. The molecule has 1 aliphatic rings. The van der Waals surface area contributed by atoms with Crippen molar-refractivity contribution in [2.75, 3.05) is 19.6 Å². The van der Waals surface area contributed by atoms with Crippen LogP contribution < -0.4 is 11.2 Å². The molecule has 27 heavy (non-hydrogen) atoms. The van der Waals surface area contributed by atoms with Crippen molar-refractivity contribution in [2.24, 2.45) is 14.1 Å². The maximum atomic E-state index is 12.6. The summed E-state index contributed by atoms with van der Waals surface area (Å²) in [6.07, 6.45) is 2.37. The largest absolute Gasteiger partial charge is 0.373 e. The van der Waals surface area contributed by atoms with E-state index in [9.17, 15) is 9.59 Å². The van der Waals surface area contributed by atoms with Crippen molar-refractivity contribution in [3.05, 3.63) is 32.7 Å². The van der Waals surface area contributed by atoms with Crippen LogP contribution in [-0.2, 0) is 25.4 Å². The van der Waals surface area contributed by atoms with Gasteiger partial charge in [0.05, 0.1) is 12.2 Å². The molecule has 3 aromatic rings. The first-order valence-electron chi connectivity index (χ1n) is 9.29. The van der Waals surface area contributed by atoms with E-state index in [0.29, 0.717) is 16.9 Å². The number of imidazole rings is 2. The summed E-state index contributed by atoms with van der Waals surface area (Å²) >= 11 is 0. The maximum Gasteiger partial charge on any atom is 0.332 e. The lowest BCUT2D eigenvalue weighted by Gasteiger charge is -2.35. The Labute approximate surface area is 156 Å². The van der Waals surface area contributed by atoms with E-state index in [-0.39, 0.29) is 23.5 Å².